The molecule has 0 fully saturated rings. The zero-order chi connectivity index (χ0) is 14.2. The highest BCUT2D eigenvalue weighted by molar-refractivity contribution is 7.99. The number of hydrogen-bond acceptors (Lipinski definition) is 6. The maximum atomic E-state index is 5.93. The third-order valence-corrected chi connectivity index (χ3v) is 3.81. The summed E-state index contributed by atoms with van der Waals surface area (Å²) in [5.74, 6) is 2.31. The smallest absolute Gasteiger partial charge is 0.262 e. The summed E-state index contributed by atoms with van der Waals surface area (Å²) in [7, 11) is 0. The lowest BCUT2D eigenvalue weighted by Gasteiger charge is -2.10. The molecule has 2 aromatic rings. The summed E-state index contributed by atoms with van der Waals surface area (Å²) in [5.41, 5.74) is 7.69. The minimum absolute atomic E-state index is 0.232. The molecule has 102 valence electrons. The Morgan fingerprint density at radius 2 is 1.79 bits per heavy atom. The molecular formula is C13H18N4OS. The first kappa shape index (κ1) is 13.9. The molecule has 0 spiro atoms. The number of nitrogens with zero attached hydrogens (tertiary/aromatic N) is 3. The second-order valence-corrected chi connectivity index (χ2v) is 5.72. The second-order valence-electron chi connectivity index (χ2n) is 4.78. The lowest BCUT2D eigenvalue weighted by molar-refractivity contribution is 0.431. The number of rotatable bonds is 3. The highest BCUT2D eigenvalue weighted by Gasteiger charge is 2.15. The molecule has 5 nitrogen and oxygen atoms in total. The number of anilines is 1. The van der Waals surface area contributed by atoms with Crippen LogP contribution < -0.4 is 5.73 Å². The summed E-state index contributed by atoms with van der Waals surface area (Å²) in [6.45, 7) is 9.80. The molecular weight excluding hydrogens is 260 g/mol. The summed E-state index contributed by atoms with van der Waals surface area (Å²) >= 11 is 1.39. The minimum Gasteiger partial charge on any atom is -0.436 e. The monoisotopic (exact) mass is 278 g/mol. The van der Waals surface area contributed by atoms with Gasteiger partial charge in [-0.3, -0.25) is 0 Å². The summed E-state index contributed by atoms with van der Waals surface area (Å²) in [5, 5.41) is 1.39. The van der Waals surface area contributed by atoms with Crippen molar-refractivity contribution in [1.29, 1.82) is 0 Å². The molecule has 0 saturated carbocycles. The first-order valence-corrected chi connectivity index (χ1v) is 6.96. The molecule has 6 heteroatoms. The zero-order valence-electron chi connectivity index (χ0n) is 11.8. The fraction of sp³-hybridized carbons (Fsp3) is 0.462. The van der Waals surface area contributed by atoms with E-state index in [0.29, 0.717) is 11.0 Å². The van der Waals surface area contributed by atoms with Crippen LogP contribution in [0, 0.1) is 20.8 Å². The van der Waals surface area contributed by atoms with Crippen LogP contribution >= 0.6 is 11.8 Å². The zero-order valence-corrected chi connectivity index (χ0v) is 12.6. The van der Waals surface area contributed by atoms with Crippen molar-refractivity contribution in [3.05, 3.63) is 22.8 Å². The Labute approximate surface area is 117 Å². The van der Waals surface area contributed by atoms with Crippen molar-refractivity contribution in [3.63, 3.8) is 0 Å². The fourth-order valence-corrected chi connectivity index (χ4v) is 2.37. The molecule has 0 aliphatic heterocycles. The third kappa shape index (κ3) is 2.89. The fourth-order valence-electron chi connectivity index (χ4n) is 1.46. The van der Waals surface area contributed by atoms with Crippen LogP contribution in [0.5, 0.6) is 0 Å². The van der Waals surface area contributed by atoms with E-state index in [1.165, 1.54) is 11.8 Å². The van der Waals surface area contributed by atoms with E-state index >= 15 is 0 Å². The van der Waals surface area contributed by atoms with Gasteiger partial charge in [0.25, 0.3) is 5.22 Å². The molecule has 2 rings (SSSR count). The van der Waals surface area contributed by atoms with Crippen LogP contribution in [0.25, 0.3) is 0 Å². The van der Waals surface area contributed by atoms with Crippen molar-refractivity contribution in [2.24, 2.45) is 0 Å². The average Bonchev–Trinajstić information content (AvgIpc) is 2.63. The Kier molecular flexibility index (Phi) is 3.80. The van der Waals surface area contributed by atoms with E-state index < -0.39 is 0 Å². The lowest BCUT2D eigenvalue weighted by atomic mass is 10.2. The maximum absolute atomic E-state index is 5.93. The van der Waals surface area contributed by atoms with E-state index in [1.807, 2.05) is 34.6 Å². The molecule has 2 heterocycles. The predicted octanol–water partition coefficient (Wildman–Crippen LogP) is 3.25. The molecule has 0 saturated heterocycles. The van der Waals surface area contributed by atoms with Gasteiger partial charge in [-0.05, 0) is 32.5 Å². The van der Waals surface area contributed by atoms with Crippen LogP contribution in [0.2, 0.25) is 0 Å². The highest BCUT2D eigenvalue weighted by atomic mass is 32.2. The largest absolute Gasteiger partial charge is 0.436 e. The molecule has 0 aliphatic rings. The van der Waals surface area contributed by atoms with E-state index in [-0.39, 0.29) is 5.92 Å². The maximum Gasteiger partial charge on any atom is 0.262 e. The number of oxazole rings is 1. The van der Waals surface area contributed by atoms with Gasteiger partial charge in [0.15, 0.2) is 0 Å². The molecule has 0 aromatic carbocycles. The first-order valence-electron chi connectivity index (χ1n) is 6.14. The van der Waals surface area contributed by atoms with Crippen molar-refractivity contribution >= 4 is 17.6 Å². The van der Waals surface area contributed by atoms with Crippen LogP contribution in [-0.2, 0) is 0 Å². The Bertz CT molecular complexity index is 587. The second kappa shape index (κ2) is 5.21. The number of aromatic nitrogens is 3. The predicted molar refractivity (Wildman–Crippen MR) is 75.4 cm³/mol. The first-order chi connectivity index (χ1) is 8.88. The Morgan fingerprint density at radius 3 is 2.32 bits per heavy atom. The van der Waals surface area contributed by atoms with Crippen molar-refractivity contribution in [1.82, 2.24) is 15.0 Å². The molecule has 0 bridgehead atoms. The van der Waals surface area contributed by atoms with Crippen molar-refractivity contribution in [2.45, 2.75) is 50.8 Å². The summed E-state index contributed by atoms with van der Waals surface area (Å²) in [6, 6.07) is 0. The van der Waals surface area contributed by atoms with E-state index in [9.17, 15) is 0 Å². The molecule has 19 heavy (non-hydrogen) atoms. The van der Waals surface area contributed by atoms with Gasteiger partial charge in [0.05, 0.1) is 5.69 Å². The quantitative estimate of drug-likeness (QED) is 0.868. The number of nitrogens with two attached hydrogens (primary N) is 1. The Hall–Kier alpha value is -1.56. The van der Waals surface area contributed by atoms with E-state index in [4.69, 9.17) is 10.2 Å². The van der Waals surface area contributed by atoms with Gasteiger partial charge in [-0.2, -0.15) is 0 Å². The normalized spacial score (nSPS) is 11.3. The van der Waals surface area contributed by atoms with Gasteiger partial charge in [0, 0.05) is 11.5 Å². The van der Waals surface area contributed by atoms with Gasteiger partial charge in [-0.1, -0.05) is 13.8 Å². The van der Waals surface area contributed by atoms with Crippen LogP contribution in [0.3, 0.4) is 0 Å². The van der Waals surface area contributed by atoms with Gasteiger partial charge in [-0.15, -0.1) is 0 Å². The van der Waals surface area contributed by atoms with Crippen LogP contribution in [0.4, 0.5) is 5.82 Å². The molecule has 0 aliphatic carbocycles. The van der Waals surface area contributed by atoms with Crippen LogP contribution in [0.1, 0.15) is 42.6 Å². The molecule has 2 N–H and O–H groups in total. The van der Waals surface area contributed by atoms with Crippen molar-refractivity contribution < 1.29 is 4.42 Å². The summed E-state index contributed by atoms with van der Waals surface area (Å²) < 4.78 is 5.56. The van der Waals surface area contributed by atoms with Gasteiger partial charge in [-0.25, -0.2) is 15.0 Å². The lowest BCUT2D eigenvalue weighted by Crippen LogP contribution is -2.05. The van der Waals surface area contributed by atoms with E-state index in [1.54, 1.807) is 0 Å². The average molecular weight is 278 g/mol. The van der Waals surface area contributed by atoms with Crippen molar-refractivity contribution in [2.75, 3.05) is 5.73 Å². The van der Waals surface area contributed by atoms with Gasteiger partial charge < -0.3 is 10.2 Å². The highest BCUT2D eigenvalue weighted by Crippen LogP contribution is 2.31. The molecule has 0 radical (unpaired) electrons. The number of nitrogen functional groups attached to an aromatic ring is 1. The molecule has 2 aromatic heterocycles. The molecule has 0 amide bonds. The summed E-state index contributed by atoms with van der Waals surface area (Å²) in [4.78, 5) is 13.2. The third-order valence-electron chi connectivity index (χ3n) is 2.87. The molecule has 0 atom stereocenters. The van der Waals surface area contributed by atoms with E-state index in [0.717, 1.165) is 27.9 Å². The van der Waals surface area contributed by atoms with Gasteiger partial charge >= 0.3 is 0 Å². The van der Waals surface area contributed by atoms with Crippen LogP contribution in [-0.4, -0.2) is 15.0 Å². The standard InChI is InChI=1S/C13H18N4OS/c1-6(2)11-16-10(14)7(3)12(17-11)19-13-15-8(4)9(5)18-13/h6H,1-5H3,(H2,14,16,17). The minimum atomic E-state index is 0.232. The van der Waals surface area contributed by atoms with Crippen molar-refractivity contribution in [3.8, 4) is 0 Å². The number of aryl methyl sites for hydroxylation is 2. The van der Waals surface area contributed by atoms with E-state index in [2.05, 4.69) is 15.0 Å². The molecule has 0 unspecified atom stereocenters. The number of hydrogen-bond donors (Lipinski definition) is 1. The van der Waals surface area contributed by atoms with Gasteiger partial charge in [0.2, 0.25) is 0 Å². The van der Waals surface area contributed by atoms with Gasteiger partial charge in [0.1, 0.15) is 22.4 Å². The summed E-state index contributed by atoms with van der Waals surface area (Å²) in [6.07, 6.45) is 0. The SMILES string of the molecule is Cc1nc(Sc2nc(C(C)C)nc(N)c2C)oc1C. The Morgan fingerprint density at radius 1 is 1.11 bits per heavy atom. The Balaban J connectivity index is 2.38. The topological polar surface area (TPSA) is 77.8 Å². The van der Waals surface area contributed by atoms with Crippen LogP contribution in [0.15, 0.2) is 14.7 Å².